The van der Waals surface area contributed by atoms with E-state index in [2.05, 4.69) is 10.6 Å². The van der Waals surface area contributed by atoms with Crippen molar-refractivity contribution >= 4 is 34.8 Å². The normalized spacial score (nSPS) is 10.2. The van der Waals surface area contributed by atoms with E-state index < -0.39 is 0 Å². The quantitative estimate of drug-likeness (QED) is 0.571. The third kappa shape index (κ3) is 5.30. The number of amides is 2. The number of para-hydroxylation sites is 1. The van der Waals surface area contributed by atoms with Gasteiger partial charge in [-0.25, -0.2) is 0 Å². The molecule has 0 aliphatic carbocycles. The summed E-state index contributed by atoms with van der Waals surface area (Å²) in [7, 11) is 3.09. The molecule has 0 saturated heterocycles. The number of carbonyl (C=O) groups is 2. The Morgan fingerprint density at radius 3 is 2.27 bits per heavy atom. The monoisotopic (exact) mass is 424 g/mol. The van der Waals surface area contributed by atoms with Crippen LogP contribution < -0.4 is 20.1 Å². The number of carbonyl (C=O) groups excluding carboxylic acids is 2. The van der Waals surface area contributed by atoms with Crippen LogP contribution in [-0.2, 0) is 11.2 Å². The van der Waals surface area contributed by atoms with Crippen molar-refractivity contribution in [3.63, 3.8) is 0 Å². The van der Waals surface area contributed by atoms with Crippen molar-refractivity contribution in [3.8, 4) is 11.5 Å². The Labute approximate surface area is 179 Å². The van der Waals surface area contributed by atoms with Crippen LogP contribution in [0.2, 0.25) is 5.02 Å². The zero-order chi connectivity index (χ0) is 21.5. The number of halogens is 1. The van der Waals surface area contributed by atoms with Gasteiger partial charge in [0.15, 0.2) is 11.5 Å². The molecule has 154 valence electrons. The SMILES string of the molecule is COc1ccc(CC(=O)Nc2ccccc2C(=O)Nc2ccc(Cl)cc2)cc1OC. The van der Waals surface area contributed by atoms with Crippen LogP contribution in [-0.4, -0.2) is 26.0 Å². The number of methoxy groups -OCH3 is 2. The van der Waals surface area contributed by atoms with Gasteiger partial charge in [-0.3, -0.25) is 9.59 Å². The molecule has 2 amide bonds. The Hall–Kier alpha value is -3.51. The summed E-state index contributed by atoms with van der Waals surface area (Å²) < 4.78 is 10.5. The number of ether oxygens (including phenoxy) is 2. The third-order valence-corrected chi connectivity index (χ3v) is 4.61. The summed E-state index contributed by atoms with van der Waals surface area (Å²) >= 11 is 5.88. The largest absolute Gasteiger partial charge is 0.493 e. The van der Waals surface area contributed by atoms with E-state index in [0.717, 1.165) is 5.56 Å². The van der Waals surface area contributed by atoms with Gasteiger partial charge in [0.05, 0.1) is 31.9 Å². The lowest BCUT2D eigenvalue weighted by Gasteiger charge is -2.12. The maximum absolute atomic E-state index is 12.7. The first-order valence-corrected chi connectivity index (χ1v) is 9.54. The average molecular weight is 425 g/mol. The average Bonchev–Trinajstić information content (AvgIpc) is 2.75. The van der Waals surface area contributed by atoms with E-state index in [-0.39, 0.29) is 18.2 Å². The minimum absolute atomic E-state index is 0.119. The molecule has 0 atom stereocenters. The summed E-state index contributed by atoms with van der Waals surface area (Å²) in [5.41, 5.74) is 2.15. The minimum atomic E-state index is -0.334. The number of benzene rings is 3. The van der Waals surface area contributed by atoms with Crippen molar-refractivity contribution < 1.29 is 19.1 Å². The molecule has 3 aromatic carbocycles. The molecule has 0 spiro atoms. The standard InChI is InChI=1S/C23H21ClN2O4/c1-29-20-12-7-15(13-21(20)30-2)14-22(27)26-19-6-4-3-5-18(19)23(28)25-17-10-8-16(24)9-11-17/h3-13H,14H2,1-2H3,(H,25,28)(H,26,27). The lowest BCUT2D eigenvalue weighted by Crippen LogP contribution is -2.19. The van der Waals surface area contributed by atoms with E-state index in [1.54, 1.807) is 73.8 Å². The van der Waals surface area contributed by atoms with Gasteiger partial charge in [-0.2, -0.15) is 0 Å². The van der Waals surface area contributed by atoms with Gasteiger partial charge in [0.1, 0.15) is 0 Å². The molecule has 0 radical (unpaired) electrons. The minimum Gasteiger partial charge on any atom is -0.493 e. The summed E-state index contributed by atoms with van der Waals surface area (Å²) in [6.07, 6.45) is 0.119. The van der Waals surface area contributed by atoms with E-state index in [0.29, 0.717) is 33.5 Å². The van der Waals surface area contributed by atoms with Crippen molar-refractivity contribution in [3.05, 3.63) is 82.9 Å². The van der Waals surface area contributed by atoms with Crippen LogP contribution in [0.15, 0.2) is 66.7 Å². The van der Waals surface area contributed by atoms with Gasteiger partial charge < -0.3 is 20.1 Å². The first-order chi connectivity index (χ1) is 14.5. The third-order valence-electron chi connectivity index (χ3n) is 4.36. The molecule has 0 aliphatic heterocycles. The molecule has 6 nitrogen and oxygen atoms in total. The molecule has 30 heavy (non-hydrogen) atoms. The molecule has 0 fully saturated rings. The molecule has 0 unspecified atom stereocenters. The fourth-order valence-electron chi connectivity index (χ4n) is 2.89. The Bertz CT molecular complexity index is 1050. The van der Waals surface area contributed by atoms with E-state index in [4.69, 9.17) is 21.1 Å². The molecule has 2 N–H and O–H groups in total. The molecule has 3 rings (SSSR count). The highest BCUT2D eigenvalue weighted by atomic mass is 35.5. The Balaban J connectivity index is 1.72. The van der Waals surface area contributed by atoms with E-state index in [1.165, 1.54) is 7.11 Å². The highest BCUT2D eigenvalue weighted by Crippen LogP contribution is 2.28. The number of hydrogen-bond acceptors (Lipinski definition) is 4. The highest BCUT2D eigenvalue weighted by Gasteiger charge is 2.14. The molecule has 0 aliphatic rings. The van der Waals surface area contributed by atoms with Crippen LogP contribution in [0.5, 0.6) is 11.5 Å². The smallest absolute Gasteiger partial charge is 0.257 e. The Morgan fingerprint density at radius 2 is 1.57 bits per heavy atom. The summed E-state index contributed by atoms with van der Waals surface area (Å²) in [5.74, 6) is 0.546. The van der Waals surface area contributed by atoms with Crippen LogP contribution in [0.1, 0.15) is 15.9 Å². The Kier molecular flexibility index (Phi) is 6.93. The van der Waals surface area contributed by atoms with Crippen LogP contribution in [0, 0.1) is 0 Å². The first-order valence-electron chi connectivity index (χ1n) is 9.17. The summed E-state index contributed by atoms with van der Waals surface area (Å²) in [4.78, 5) is 25.3. The van der Waals surface area contributed by atoms with Crippen molar-refractivity contribution in [2.75, 3.05) is 24.9 Å². The van der Waals surface area contributed by atoms with Gasteiger partial charge in [0.25, 0.3) is 5.91 Å². The van der Waals surface area contributed by atoms with Crippen molar-refractivity contribution in [2.45, 2.75) is 6.42 Å². The van der Waals surface area contributed by atoms with Crippen LogP contribution >= 0.6 is 11.6 Å². The topological polar surface area (TPSA) is 76.7 Å². The number of nitrogens with one attached hydrogen (secondary N) is 2. The molecular formula is C23H21ClN2O4. The van der Waals surface area contributed by atoms with Gasteiger partial charge in [-0.15, -0.1) is 0 Å². The second-order valence-electron chi connectivity index (χ2n) is 6.42. The van der Waals surface area contributed by atoms with Crippen molar-refractivity contribution in [2.24, 2.45) is 0 Å². The van der Waals surface area contributed by atoms with E-state index in [1.807, 2.05) is 0 Å². The second-order valence-corrected chi connectivity index (χ2v) is 6.86. The van der Waals surface area contributed by atoms with Gasteiger partial charge in [0, 0.05) is 10.7 Å². The predicted molar refractivity (Wildman–Crippen MR) is 118 cm³/mol. The zero-order valence-corrected chi connectivity index (χ0v) is 17.3. The van der Waals surface area contributed by atoms with E-state index >= 15 is 0 Å². The molecule has 7 heteroatoms. The fourth-order valence-corrected chi connectivity index (χ4v) is 3.02. The summed E-state index contributed by atoms with van der Waals surface area (Å²) in [6.45, 7) is 0. The number of rotatable bonds is 7. The van der Waals surface area contributed by atoms with Gasteiger partial charge in [-0.1, -0.05) is 29.8 Å². The molecule has 0 aromatic heterocycles. The second kappa shape index (κ2) is 9.80. The Morgan fingerprint density at radius 1 is 0.867 bits per heavy atom. The first kappa shape index (κ1) is 21.2. The predicted octanol–water partition coefficient (Wildman–Crippen LogP) is 4.79. The molecule has 0 bridgehead atoms. The lowest BCUT2D eigenvalue weighted by atomic mass is 10.1. The number of hydrogen-bond donors (Lipinski definition) is 2. The van der Waals surface area contributed by atoms with Gasteiger partial charge >= 0.3 is 0 Å². The van der Waals surface area contributed by atoms with Gasteiger partial charge in [-0.05, 0) is 54.1 Å². The summed E-state index contributed by atoms with van der Waals surface area (Å²) in [6, 6.07) is 18.9. The number of anilines is 2. The molecule has 3 aromatic rings. The maximum atomic E-state index is 12.7. The van der Waals surface area contributed by atoms with Crippen LogP contribution in [0.4, 0.5) is 11.4 Å². The van der Waals surface area contributed by atoms with Gasteiger partial charge in [0.2, 0.25) is 5.91 Å². The van der Waals surface area contributed by atoms with E-state index in [9.17, 15) is 9.59 Å². The maximum Gasteiger partial charge on any atom is 0.257 e. The molecular weight excluding hydrogens is 404 g/mol. The molecule has 0 heterocycles. The van der Waals surface area contributed by atoms with Crippen molar-refractivity contribution in [1.29, 1.82) is 0 Å². The van der Waals surface area contributed by atoms with Crippen LogP contribution in [0.25, 0.3) is 0 Å². The van der Waals surface area contributed by atoms with Crippen molar-refractivity contribution in [1.82, 2.24) is 0 Å². The lowest BCUT2D eigenvalue weighted by molar-refractivity contribution is -0.115. The van der Waals surface area contributed by atoms with Crippen LogP contribution in [0.3, 0.4) is 0 Å². The fraction of sp³-hybridized carbons (Fsp3) is 0.130. The zero-order valence-electron chi connectivity index (χ0n) is 16.6. The highest BCUT2D eigenvalue weighted by molar-refractivity contribution is 6.30. The summed E-state index contributed by atoms with van der Waals surface area (Å²) in [5, 5.41) is 6.18. The molecule has 0 saturated carbocycles.